The summed E-state index contributed by atoms with van der Waals surface area (Å²) in [7, 11) is 0. The molecule has 0 aliphatic heterocycles. The van der Waals surface area contributed by atoms with Gasteiger partial charge in [-0.1, -0.05) is 51.9 Å². The maximum absolute atomic E-state index is 6.15. The molecule has 0 radical (unpaired) electrons. The van der Waals surface area contributed by atoms with E-state index in [1.54, 1.807) is 0 Å². The number of halogens is 1. The van der Waals surface area contributed by atoms with Crippen molar-refractivity contribution < 1.29 is 0 Å². The quantitative estimate of drug-likeness (QED) is 0.580. The van der Waals surface area contributed by atoms with E-state index in [9.17, 15) is 0 Å². The van der Waals surface area contributed by atoms with Crippen LogP contribution in [0.15, 0.2) is 0 Å². The molecule has 0 bridgehead atoms. The third-order valence-corrected chi connectivity index (χ3v) is 3.66. The van der Waals surface area contributed by atoms with Crippen LogP contribution in [0.1, 0.15) is 64.7 Å². The van der Waals surface area contributed by atoms with Gasteiger partial charge < -0.3 is 0 Å². The van der Waals surface area contributed by atoms with E-state index in [0.717, 1.165) is 5.92 Å². The topological polar surface area (TPSA) is 0 Å². The summed E-state index contributed by atoms with van der Waals surface area (Å²) in [5, 5.41) is 0.479. The monoisotopic (exact) mass is 202 g/mol. The van der Waals surface area contributed by atoms with Gasteiger partial charge in [0.25, 0.3) is 0 Å². The maximum atomic E-state index is 6.15. The minimum absolute atomic E-state index is 0.479. The van der Waals surface area contributed by atoms with Crippen LogP contribution in [-0.2, 0) is 0 Å². The number of alkyl halides is 1. The molecule has 78 valence electrons. The fourth-order valence-electron chi connectivity index (χ4n) is 2.33. The second-order valence-electron chi connectivity index (χ2n) is 4.47. The molecule has 13 heavy (non-hydrogen) atoms. The van der Waals surface area contributed by atoms with Gasteiger partial charge in [0.1, 0.15) is 0 Å². The molecule has 1 aliphatic carbocycles. The average Bonchev–Trinajstić information content (AvgIpc) is 2.09. The molecular weight excluding hydrogens is 180 g/mol. The highest BCUT2D eigenvalue weighted by molar-refractivity contribution is 6.20. The van der Waals surface area contributed by atoms with Gasteiger partial charge in [0, 0.05) is 5.38 Å². The minimum Gasteiger partial charge on any atom is -0.123 e. The van der Waals surface area contributed by atoms with Gasteiger partial charge in [0.15, 0.2) is 0 Å². The molecule has 0 atom stereocenters. The van der Waals surface area contributed by atoms with E-state index in [-0.39, 0.29) is 0 Å². The fourth-order valence-corrected chi connectivity index (χ4v) is 2.63. The summed E-state index contributed by atoms with van der Waals surface area (Å²) >= 11 is 6.15. The largest absolute Gasteiger partial charge is 0.123 e. The van der Waals surface area contributed by atoms with Crippen molar-refractivity contribution >= 4 is 11.6 Å². The van der Waals surface area contributed by atoms with Gasteiger partial charge >= 0.3 is 0 Å². The van der Waals surface area contributed by atoms with Gasteiger partial charge in [0.2, 0.25) is 0 Å². The van der Waals surface area contributed by atoms with E-state index in [0.29, 0.717) is 5.38 Å². The van der Waals surface area contributed by atoms with Crippen LogP contribution in [0.25, 0.3) is 0 Å². The first-order valence-corrected chi connectivity index (χ1v) is 6.40. The van der Waals surface area contributed by atoms with E-state index in [1.807, 2.05) is 0 Å². The van der Waals surface area contributed by atoms with Crippen LogP contribution in [0.4, 0.5) is 0 Å². The van der Waals surface area contributed by atoms with Crippen LogP contribution in [-0.4, -0.2) is 5.38 Å². The number of unbranched alkanes of at least 4 members (excludes halogenated alkanes) is 1. The predicted octanol–water partition coefficient (Wildman–Crippen LogP) is 4.75. The zero-order chi connectivity index (χ0) is 9.52. The van der Waals surface area contributed by atoms with Crippen LogP contribution in [0.3, 0.4) is 0 Å². The summed E-state index contributed by atoms with van der Waals surface area (Å²) in [6.45, 7) is 2.29. The van der Waals surface area contributed by atoms with Crippen molar-refractivity contribution in [2.24, 2.45) is 5.92 Å². The number of hydrogen-bond donors (Lipinski definition) is 0. The molecule has 1 rings (SSSR count). The van der Waals surface area contributed by atoms with Crippen molar-refractivity contribution in [2.75, 3.05) is 0 Å². The molecule has 1 fully saturated rings. The molecule has 0 aromatic rings. The SMILES string of the molecule is CCCCC1CCCC(Cl)CCC1. The summed E-state index contributed by atoms with van der Waals surface area (Å²) in [6.07, 6.45) is 12.3. The summed E-state index contributed by atoms with van der Waals surface area (Å²) in [6, 6.07) is 0. The van der Waals surface area contributed by atoms with E-state index in [4.69, 9.17) is 11.6 Å². The molecule has 0 unspecified atom stereocenters. The minimum atomic E-state index is 0.479. The molecule has 0 amide bonds. The van der Waals surface area contributed by atoms with Gasteiger partial charge in [-0.15, -0.1) is 11.6 Å². The van der Waals surface area contributed by atoms with E-state index in [1.165, 1.54) is 57.8 Å². The molecule has 0 N–H and O–H groups in total. The van der Waals surface area contributed by atoms with Gasteiger partial charge in [-0.05, 0) is 18.8 Å². The van der Waals surface area contributed by atoms with E-state index >= 15 is 0 Å². The zero-order valence-electron chi connectivity index (χ0n) is 8.90. The van der Waals surface area contributed by atoms with Crippen LogP contribution in [0.2, 0.25) is 0 Å². The third-order valence-electron chi connectivity index (χ3n) is 3.23. The highest BCUT2D eigenvalue weighted by Crippen LogP contribution is 2.28. The molecule has 1 saturated carbocycles. The normalized spacial score (nSPS) is 30.9. The Labute approximate surface area is 88.1 Å². The second-order valence-corrected chi connectivity index (χ2v) is 5.08. The number of hydrogen-bond acceptors (Lipinski definition) is 0. The lowest BCUT2D eigenvalue weighted by Gasteiger charge is -2.21. The average molecular weight is 203 g/mol. The molecule has 0 aromatic carbocycles. The molecule has 1 aliphatic rings. The first-order chi connectivity index (χ1) is 6.33. The summed E-state index contributed by atoms with van der Waals surface area (Å²) < 4.78 is 0. The molecule has 0 nitrogen and oxygen atoms in total. The van der Waals surface area contributed by atoms with Gasteiger partial charge in [-0.25, -0.2) is 0 Å². The highest BCUT2D eigenvalue weighted by Gasteiger charge is 2.14. The Kier molecular flexibility index (Phi) is 5.86. The highest BCUT2D eigenvalue weighted by atomic mass is 35.5. The van der Waals surface area contributed by atoms with Gasteiger partial charge in [-0.2, -0.15) is 0 Å². The lowest BCUT2D eigenvalue weighted by Crippen LogP contribution is -2.09. The summed E-state index contributed by atoms with van der Waals surface area (Å²) in [5.74, 6) is 1.02. The molecular formula is C12H23Cl. The van der Waals surface area contributed by atoms with E-state index in [2.05, 4.69) is 6.92 Å². The predicted molar refractivity (Wildman–Crippen MR) is 60.4 cm³/mol. The summed E-state index contributed by atoms with van der Waals surface area (Å²) in [4.78, 5) is 0. The molecule has 0 spiro atoms. The smallest absolute Gasteiger partial charge is 0.0336 e. The molecule has 1 heteroatoms. The van der Waals surface area contributed by atoms with Crippen molar-refractivity contribution in [3.8, 4) is 0 Å². The number of rotatable bonds is 3. The van der Waals surface area contributed by atoms with Crippen LogP contribution < -0.4 is 0 Å². The van der Waals surface area contributed by atoms with Crippen molar-refractivity contribution in [3.05, 3.63) is 0 Å². The van der Waals surface area contributed by atoms with Crippen LogP contribution >= 0.6 is 11.6 Å². The maximum Gasteiger partial charge on any atom is 0.0336 e. The first-order valence-electron chi connectivity index (χ1n) is 5.97. The first kappa shape index (κ1) is 11.4. The van der Waals surface area contributed by atoms with Crippen molar-refractivity contribution in [1.29, 1.82) is 0 Å². The van der Waals surface area contributed by atoms with Gasteiger partial charge in [-0.3, -0.25) is 0 Å². The Morgan fingerprint density at radius 2 is 1.69 bits per heavy atom. The van der Waals surface area contributed by atoms with Crippen LogP contribution in [0, 0.1) is 5.92 Å². The summed E-state index contributed by atoms with van der Waals surface area (Å²) in [5.41, 5.74) is 0. The Morgan fingerprint density at radius 1 is 1.08 bits per heavy atom. The Balaban J connectivity index is 2.16. The van der Waals surface area contributed by atoms with Crippen molar-refractivity contribution in [1.82, 2.24) is 0 Å². The third kappa shape index (κ3) is 4.90. The fraction of sp³-hybridized carbons (Fsp3) is 1.00. The van der Waals surface area contributed by atoms with Crippen molar-refractivity contribution in [3.63, 3.8) is 0 Å². The second kappa shape index (κ2) is 6.70. The Hall–Kier alpha value is 0.290. The molecule has 0 aromatic heterocycles. The van der Waals surface area contributed by atoms with Crippen molar-refractivity contribution in [2.45, 2.75) is 70.1 Å². The lowest BCUT2D eigenvalue weighted by atomic mass is 9.87. The lowest BCUT2D eigenvalue weighted by molar-refractivity contribution is 0.352. The van der Waals surface area contributed by atoms with Gasteiger partial charge in [0.05, 0.1) is 0 Å². The van der Waals surface area contributed by atoms with Crippen LogP contribution in [0.5, 0.6) is 0 Å². The Bertz CT molecular complexity index is 112. The molecule has 0 heterocycles. The standard InChI is InChI=1S/C12H23Cl/c1-2-3-6-11-7-4-9-12(13)10-5-8-11/h11-12H,2-10H2,1H3. The van der Waals surface area contributed by atoms with E-state index < -0.39 is 0 Å². The zero-order valence-corrected chi connectivity index (χ0v) is 9.65. The Morgan fingerprint density at radius 3 is 2.23 bits per heavy atom. The molecule has 0 saturated heterocycles.